The fourth-order valence-corrected chi connectivity index (χ4v) is 2.58. The molecule has 5 nitrogen and oxygen atoms in total. The van der Waals surface area contributed by atoms with Crippen LogP contribution in [0.15, 0.2) is 63.4 Å². The first-order valence-electron chi connectivity index (χ1n) is 8.48. The van der Waals surface area contributed by atoms with Gasteiger partial charge in [-0.2, -0.15) is 13.2 Å². The molecule has 154 valence electrons. The van der Waals surface area contributed by atoms with Crippen molar-refractivity contribution in [1.29, 1.82) is 0 Å². The molecule has 0 amide bonds. The monoisotopic (exact) mass is 422 g/mol. The van der Waals surface area contributed by atoms with E-state index in [0.717, 1.165) is 24.3 Å². The zero-order valence-corrected chi connectivity index (χ0v) is 14.9. The first-order valence-corrected chi connectivity index (χ1v) is 8.48. The van der Waals surface area contributed by atoms with E-state index >= 15 is 0 Å². The molecule has 2 aromatic carbocycles. The van der Waals surface area contributed by atoms with Crippen LogP contribution in [0.1, 0.15) is 11.3 Å². The summed E-state index contributed by atoms with van der Waals surface area (Å²) in [5, 5.41) is 7.52. The van der Waals surface area contributed by atoms with E-state index in [1.807, 2.05) is 0 Å². The molecule has 10 heteroatoms. The molecular formula is C20H11F5N2O3. The minimum Gasteiger partial charge on any atom is -0.483 e. The maximum atomic E-state index is 13.6. The van der Waals surface area contributed by atoms with Crippen LogP contribution in [-0.4, -0.2) is 10.2 Å². The lowest BCUT2D eigenvalue weighted by atomic mass is 10.1. The van der Waals surface area contributed by atoms with Crippen LogP contribution in [0.3, 0.4) is 0 Å². The molecule has 0 radical (unpaired) electrons. The van der Waals surface area contributed by atoms with Gasteiger partial charge in [-0.15, -0.1) is 10.2 Å². The second kappa shape index (κ2) is 7.62. The summed E-state index contributed by atoms with van der Waals surface area (Å²) in [6, 6.07) is 10.4. The van der Waals surface area contributed by atoms with E-state index in [9.17, 15) is 22.0 Å². The van der Waals surface area contributed by atoms with Gasteiger partial charge in [0, 0.05) is 11.6 Å². The van der Waals surface area contributed by atoms with Crippen LogP contribution in [0.25, 0.3) is 23.1 Å². The Hall–Kier alpha value is -3.69. The molecule has 2 heterocycles. The van der Waals surface area contributed by atoms with Crippen LogP contribution in [-0.2, 0) is 12.8 Å². The van der Waals surface area contributed by atoms with Gasteiger partial charge >= 0.3 is 6.18 Å². The van der Waals surface area contributed by atoms with E-state index in [4.69, 9.17) is 13.6 Å². The number of benzene rings is 2. The Morgan fingerprint density at radius 1 is 0.867 bits per heavy atom. The molecule has 0 fully saturated rings. The zero-order chi connectivity index (χ0) is 21.3. The topological polar surface area (TPSA) is 61.3 Å². The third kappa shape index (κ3) is 4.17. The number of hydrogen-bond acceptors (Lipinski definition) is 5. The Kier molecular flexibility index (Phi) is 4.98. The summed E-state index contributed by atoms with van der Waals surface area (Å²) in [4.78, 5) is 0. The van der Waals surface area contributed by atoms with Crippen LogP contribution in [0, 0.1) is 11.6 Å². The molecule has 0 bridgehead atoms. The predicted molar refractivity (Wildman–Crippen MR) is 93.1 cm³/mol. The highest BCUT2D eigenvalue weighted by Crippen LogP contribution is 2.33. The Labute approximate surface area is 165 Å². The van der Waals surface area contributed by atoms with Gasteiger partial charge < -0.3 is 13.6 Å². The second-order valence-electron chi connectivity index (χ2n) is 6.12. The Balaban J connectivity index is 1.49. The molecule has 0 aliphatic carbocycles. The van der Waals surface area contributed by atoms with Crippen molar-refractivity contribution in [3.8, 4) is 28.9 Å². The van der Waals surface area contributed by atoms with Gasteiger partial charge in [0.15, 0.2) is 17.3 Å². The third-order valence-corrected chi connectivity index (χ3v) is 4.00. The van der Waals surface area contributed by atoms with E-state index in [2.05, 4.69) is 10.2 Å². The fourth-order valence-electron chi connectivity index (χ4n) is 2.58. The molecule has 0 aliphatic heterocycles. The van der Waals surface area contributed by atoms with E-state index in [1.165, 1.54) is 24.3 Å². The van der Waals surface area contributed by atoms with E-state index in [0.29, 0.717) is 6.07 Å². The molecule has 2 aromatic heterocycles. The number of halogens is 5. The number of furan rings is 1. The maximum Gasteiger partial charge on any atom is 0.416 e. The number of hydrogen-bond donors (Lipinski definition) is 0. The summed E-state index contributed by atoms with van der Waals surface area (Å²) in [5.41, 5.74) is -0.740. The van der Waals surface area contributed by atoms with E-state index in [1.54, 1.807) is 0 Å². The standard InChI is InChI=1S/C20H11F5N2O3/c21-13-4-6-16(15(22)9-13)28-10-14-5-7-17(29-14)19-27-26-18(30-19)11-2-1-3-12(8-11)20(23,24)25/h1-9H,10H2. The molecule has 0 saturated heterocycles. The highest BCUT2D eigenvalue weighted by atomic mass is 19.4. The van der Waals surface area contributed by atoms with Gasteiger partial charge in [-0.05, 0) is 42.5 Å². The molecule has 0 N–H and O–H groups in total. The molecule has 30 heavy (non-hydrogen) atoms. The Morgan fingerprint density at radius 3 is 2.43 bits per heavy atom. The van der Waals surface area contributed by atoms with Crippen molar-refractivity contribution >= 4 is 0 Å². The van der Waals surface area contributed by atoms with Gasteiger partial charge in [0.1, 0.15) is 18.2 Å². The summed E-state index contributed by atoms with van der Waals surface area (Å²) in [6.07, 6.45) is -4.50. The first kappa shape index (κ1) is 19.6. The Morgan fingerprint density at radius 2 is 1.67 bits per heavy atom. The van der Waals surface area contributed by atoms with Crippen molar-refractivity contribution in [2.75, 3.05) is 0 Å². The highest BCUT2D eigenvalue weighted by Gasteiger charge is 2.31. The van der Waals surface area contributed by atoms with Crippen molar-refractivity contribution in [3.05, 3.63) is 77.6 Å². The van der Waals surface area contributed by atoms with Crippen molar-refractivity contribution in [3.63, 3.8) is 0 Å². The lowest BCUT2D eigenvalue weighted by molar-refractivity contribution is -0.137. The highest BCUT2D eigenvalue weighted by molar-refractivity contribution is 5.56. The Bertz CT molecular complexity index is 1180. The fraction of sp³-hybridized carbons (Fsp3) is 0.100. The maximum absolute atomic E-state index is 13.6. The van der Waals surface area contributed by atoms with Gasteiger partial charge in [-0.3, -0.25) is 0 Å². The second-order valence-corrected chi connectivity index (χ2v) is 6.12. The largest absolute Gasteiger partial charge is 0.483 e. The molecule has 4 aromatic rings. The molecule has 0 spiro atoms. The summed E-state index contributed by atoms with van der Waals surface area (Å²) in [6.45, 7) is -0.156. The summed E-state index contributed by atoms with van der Waals surface area (Å²) < 4.78 is 81.2. The quantitative estimate of drug-likeness (QED) is 0.376. The molecular weight excluding hydrogens is 411 g/mol. The van der Waals surface area contributed by atoms with Crippen molar-refractivity contribution in [1.82, 2.24) is 10.2 Å². The number of alkyl halides is 3. The molecule has 0 saturated carbocycles. The minimum absolute atomic E-state index is 0.0541. The van der Waals surface area contributed by atoms with Crippen LogP contribution in [0.2, 0.25) is 0 Å². The molecule has 4 rings (SSSR count). The predicted octanol–water partition coefficient (Wildman–Crippen LogP) is 5.87. The number of ether oxygens (including phenoxy) is 1. The summed E-state index contributed by atoms with van der Waals surface area (Å²) in [7, 11) is 0. The normalized spacial score (nSPS) is 11.6. The van der Waals surface area contributed by atoms with E-state index < -0.39 is 23.4 Å². The van der Waals surface area contributed by atoms with Crippen molar-refractivity contribution < 1.29 is 35.5 Å². The van der Waals surface area contributed by atoms with Crippen LogP contribution < -0.4 is 4.74 Å². The van der Waals surface area contributed by atoms with Crippen LogP contribution in [0.4, 0.5) is 22.0 Å². The van der Waals surface area contributed by atoms with Crippen LogP contribution >= 0.6 is 0 Å². The van der Waals surface area contributed by atoms with Gasteiger partial charge in [0.05, 0.1) is 5.56 Å². The third-order valence-electron chi connectivity index (χ3n) is 4.00. The van der Waals surface area contributed by atoms with Crippen LogP contribution in [0.5, 0.6) is 5.75 Å². The molecule has 0 aliphatic rings. The SMILES string of the molecule is Fc1ccc(OCc2ccc(-c3nnc(-c4cccc(C(F)(F)F)c4)o3)o2)c(F)c1. The average Bonchev–Trinajstić information content (AvgIpc) is 3.36. The zero-order valence-electron chi connectivity index (χ0n) is 14.9. The smallest absolute Gasteiger partial charge is 0.416 e. The van der Waals surface area contributed by atoms with E-state index in [-0.39, 0.29) is 41.2 Å². The van der Waals surface area contributed by atoms with Gasteiger partial charge in [0.25, 0.3) is 5.89 Å². The van der Waals surface area contributed by atoms with Gasteiger partial charge in [-0.25, -0.2) is 8.78 Å². The summed E-state index contributed by atoms with van der Waals surface area (Å²) >= 11 is 0. The van der Waals surface area contributed by atoms with Crippen molar-refractivity contribution in [2.45, 2.75) is 12.8 Å². The summed E-state index contributed by atoms with van der Waals surface area (Å²) in [5.74, 6) is -1.47. The number of aromatic nitrogens is 2. The number of rotatable bonds is 5. The molecule has 0 unspecified atom stereocenters. The lowest BCUT2D eigenvalue weighted by Gasteiger charge is -2.06. The first-order chi connectivity index (χ1) is 14.3. The van der Waals surface area contributed by atoms with Gasteiger partial charge in [0.2, 0.25) is 5.89 Å². The molecule has 0 atom stereocenters. The van der Waals surface area contributed by atoms with Crippen molar-refractivity contribution in [2.24, 2.45) is 0 Å². The lowest BCUT2D eigenvalue weighted by Crippen LogP contribution is -2.04. The minimum atomic E-state index is -4.50. The van der Waals surface area contributed by atoms with Gasteiger partial charge in [-0.1, -0.05) is 6.07 Å². The average molecular weight is 422 g/mol. The number of nitrogens with zero attached hydrogens (tertiary/aromatic N) is 2.